The highest BCUT2D eigenvalue weighted by molar-refractivity contribution is 8.03. The number of nitrogens with zero attached hydrogens (tertiary/aromatic N) is 1. The van der Waals surface area contributed by atoms with Crippen molar-refractivity contribution >= 4 is 40.9 Å². The Labute approximate surface area is 151 Å². The number of benzene rings is 2. The minimum Gasteiger partial charge on any atom is -0.482 e. The van der Waals surface area contributed by atoms with Gasteiger partial charge in [-0.3, -0.25) is 0 Å². The Bertz CT molecular complexity index is 944. The van der Waals surface area contributed by atoms with Crippen LogP contribution in [-0.4, -0.2) is 33.7 Å². The van der Waals surface area contributed by atoms with Crippen molar-refractivity contribution in [3.05, 3.63) is 59.0 Å². The summed E-state index contributed by atoms with van der Waals surface area (Å²) in [6, 6.07) is 13.6. The van der Waals surface area contributed by atoms with Crippen LogP contribution in [0.15, 0.2) is 63.1 Å². The van der Waals surface area contributed by atoms with Crippen molar-refractivity contribution in [3.8, 4) is 5.75 Å². The molecule has 2 aromatic carbocycles. The topological polar surface area (TPSA) is 110 Å². The first kappa shape index (κ1) is 17.6. The van der Waals surface area contributed by atoms with Crippen LogP contribution in [0.5, 0.6) is 5.75 Å². The minimum absolute atomic E-state index is 0.0377. The van der Waals surface area contributed by atoms with E-state index in [1.165, 1.54) is 6.08 Å². The van der Waals surface area contributed by atoms with Crippen LogP contribution >= 0.6 is 11.8 Å². The van der Waals surface area contributed by atoms with Crippen LogP contribution < -0.4 is 4.74 Å². The van der Waals surface area contributed by atoms with Gasteiger partial charge in [-0.25, -0.2) is 14.6 Å². The van der Waals surface area contributed by atoms with Crippen molar-refractivity contribution in [2.75, 3.05) is 6.61 Å². The number of ether oxygens (including phenoxy) is 1. The lowest BCUT2D eigenvalue weighted by Crippen LogP contribution is -2.09. The molecule has 0 spiro atoms. The lowest BCUT2D eigenvalue weighted by atomic mass is 10.2. The summed E-state index contributed by atoms with van der Waals surface area (Å²) < 4.78 is 10.6. The van der Waals surface area contributed by atoms with E-state index in [2.05, 4.69) is 4.98 Å². The number of oxazole rings is 1. The quantitative estimate of drug-likeness (QED) is 0.480. The molecule has 132 valence electrons. The molecular weight excluding hydrogens is 358 g/mol. The third-order valence-electron chi connectivity index (χ3n) is 3.22. The number of rotatable bonds is 7. The van der Waals surface area contributed by atoms with Crippen LogP contribution in [0.3, 0.4) is 0 Å². The molecule has 0 amide bonds. The fourth-order valence-electron chi connectivity index (χ4n) is 2.08. The molecule has 0 saturated carbocycles. The highest BCUT2D eigenvalue weighted by atomic mass is 32.2. The molecule has 0 radical (unpaired) electrons. The molecule has 1 aromatic heterocycles. The molecule has 2 N–H and O–H groups in total. The fourth-order valence-corrected chi connectivity index (χ4v) is 2.83. The molecular formula is C18H13NO6S. The Kier molecular flexibility index (Phi) is 5.23. The van der Waals surface area contributed by atoms with Gasteiger partial charge in [-0.1, -0.05) is 24.3 Å². The summed E-state index contributed by atoms with van der Waals surface area (Å²) in [5, 5.41) is 18.2. The van der Waals surface area contributed by atoms with Crippen molar-refractivity contribution in [3.63, 3.8) is 0 Å². The largest absolute Gasteiger partial charge is 0.482 e. The molecule has 3 rings (SSSR count). The van der Waals surface area contributed by atoms with Crippen LogP contribution in [0.1, 0.15) is 5.56 Å². The van der Waals surface area contributed by atoms with Crippen molar-refractivity contribution < 1.29 is 29.0 Å². The molecule has 0 aliphatic carbocycles. The zero-order valence-electron chi connectivity index (χ0n) is 13.3. The minimum atomic E-state index is -1.11. The summed E-state index contributed by atoms with van der Waals surface area (Å²) in [5.41, 5.74) is 1.85. The molecule has 0 atom stereocenters. The molecule has 8 heteroatoms. The average Bonchev–Trinajstić information content (AvgIpc) is 3.02. The van der Waals surface area contributed by atoms with Crippen molar-refractivity contribution in [2.24, 2.45) is 0 Å². The van der Waals surface area contributed by atoms with Crippen LogP contribution in [0.2, 0.25) is 0 Å². The average molecular weight is 371 g/mol. The fraction of sp³-hybridized carbons (Fsp3) is 0.0556. The van der Waals surface area contributed by atoms with E-state index >= 15 is 0 Å². The summed E-state index contributed by atoms with van der Waals surface area (Å²) in [5.74, 6) is -1.80. The van der Waals surface area contributed by atoms with Crippen molar-refractivity contribution in [1.82, 2.24) is 4.98 Å². The first-order valence-corrected chi connectivity index (χ1v) is 8.26. The Morgan fingerprint density at radius 3 is 2.50 bits per heavy atom. The van der Waals surface area contributed by atoms with E-state index in [9.17, 15) is 14.7 Å². The van der Waals surface area contributed by atoms with Gasteiger partial charge in [0.05, 0.1) is 0 Å². The summed E-state index contributed by atoms with van der Waals surface area (Å²) in [6.45, 7) is -0.441. The smallest absolute Gasteiger partial charge is 0.342 e. The molecule has 0 fully saturated rings. The number of aromatic nitrogens is 1. The third kappa shape index (κ3) is 4.42. The Hall–Kier alpha value is -3.26. The third-order valence-corrected chi connectivity index (χ3v) is 4.08. The molecule has 26 heavy (non-hydrogen) atoms. The number of aliphatic carboxylic acids is 2. The second kappa shape index (κ2) is 7.75. The van der Waals surface area contributed by atoms with E-state index in [4.69, 9.17) is 14.3 Å². The molecule has 0 aliphatic rings. The number of carboxylic acid groups (broad SMARTS) is 2. The first-order valence-electron chi connectivity index (χ1n) is 7.44. The normalized spacial score (nSPS) is 11.5. The van der Waals surface area contributed by atoms with Gasteiger partial charge >= 0.3 is 11.9 Å². The van der Waals surface area contributed by atoms with Crippen molar-refractivity contribution in [1.29, 1.82) is 0 Å². The molecule has 1 heterocycles. The molecule has 0 aliphatic heterocycles. The standard InChI is InChI=1S/C18H13NO6S/c20-16(21)10-24-12-7-5-11(6-8-12)9-15(17(22)23)26-18-19-13-3-1-2-4-14(13)25-18/h1-9H,10H2,(H,20,21)(H,22,23)/b15-9+. The van der Waals surface area contributed by atoms with Gasteiger partial charge in [-0.05, 0) is 47.7 Å². The van der Waals surface area contributed by atoms with Gasteiger partial charge in [-0.15, -0.1) is 0 Å². The number of carboxylic acids is 2. The van der Waals surface area contributed by atoms with E-state index in [-0.39, 0.29) is 10.1 Å². The van der Waals surface area contributed by atoms with E-state index in [1.54, 1.807) is 36.4 Å². The van der Waals surface area contributed by atoms with E-state index in [0.29, 0.717) is 22.4 Å². The first-order chi connectivity index (χ1) is 12.5. The summed E-state index contributed by atoms with van der Waals surface area (Å²) in [6.07, 6.45) is 1.48. The summed E-state index contributed by atoms with van der Waals surface area (Å²) in [7, 11) is 0. The number of hydrogen-bond donors (Lipinski definition) is 2. The Balaban J connectivity index is 1.78. The SMILES string of the molecule is O=C(O)COc1ccc(/C=C(/Sc2nc3ccccc3o2)C(=O)O)cc1. The van der Waals surface area contributed by atoms with Gasteiger partial charge in [0.1, 0.15) is 16.2 Å². The summed E-state index contributed by atoms with van der Waals surface area (Å²) >= 11 is 0.911. The van der Waals surface area contributed by atoms with Crippen LogP contribution in [-0.2, 0) is 9.59 Å². The lowest BCUT2D eigenvalue weighted by Gasteiger charge is -2.04. The Morgan fingerprint density at radius 2 is 1.85 bits per heavy atom. The van der Waals surface area contributed by atoms with Gasteiger partial charge in [0.25, 0.3) is 5.22 Å². The lowest BCUT2D eigenvalue weighted by molar-refractivity contribution is -0.139. The van der Waals surface area contributed by atoms with E-state index < -0.39 is 18.5 Å². The molecule has 7 nitrogen and oxygen atoms in total. The highest BCUT2D eigenvalue weighted by Gasteiger charge is 2.14. The zero-order valence-corrected chi connectivity index (χ0v) is 14.1. The van der Waals surface area contributed by atoms with Crippen molar-refractivity contribution in [2.45, 2.75) is 5.22 Å². The van der Waals surface area contributed by atoms with Gasteiger partial charge in [-0.2, -0.15) is 0 Å². The second-order valence-electron chi connectivity index (χ2n) is 5.11. The summed E-state index contributed by atoms with van der Waals surface area (Å²) in [4.78, 5) is 26.3. The second-order valence-corrected chi connectivity index (χ2v) is 6.11. The van der Waals surface area contributed by atoms with E-state index in [0.717, 1.165) is 11.8 Å². The van der Waals surface area contributed by atoms with Crippen LogP contribution in [0.4, 0.5) is 0 Å². The number of fused-ring (bicyclic) bond motifs is 1. The van der Waals surface area contributed by atoms with Crippen LogP contribution in [0, 0.1) is 0 Å². The predicted molar refractivity (Wildman–Crippen MR) is 95.1 cm³/mol. The molecule has 0 saturated heterocycles. The number of thioether (sulfide) groups is 1. The number of hydrogen-bond acceptors (Lipinski definition) is 6. The molecule has 0 bridgehead atoms. The maximum atomic E-state index is 11.5. The molecule has 3 aromatic rings. The monoisotopic (exact) mass is 371 g/mol. The van der Waals surface area contributed by atoms with Crippen LogP contribution in [0.25, 0.3) is 17.2 Å². The van der Waals surface area contributed by atoms with Gasteiger partial charge in [0.15, 0.2) is 12.2 Å². The maximum absolute atomic E-state index is 11.5. The zero-order chi connectivity index (χ0) is 18.5. The number of carbonyl (C=O) groups is 2. The maximum Gasteiger partial charge on any atom is 0.342 e. The Morgan fingerprint density at radius 1 is 1.12 bits per heavy atom. The van der Waals surface area contributed by atoms with Gasteiger partial charge < -0.3 is 19.4 Å². The van der Waals surface area contributed by atoms with Gasteiger partial charge in [0.2, 0.25) is 0 Å². The molecule has 0 unspecified atom stereocenters. The number of para-hydroxylation sites is 2. The predicted octanol–water partition coefficient (Wildman–Crippen LogP) is 3.51. The van der Waals surface area contributed by atoms with E-state index in [1.807, 2.05) is 12.1 Å². The highest BCUT2D eigenvalue weighted by Crippen LogP contribution is 2.30. The van der Waals surface area contributed by atoms with Gasteiger partial charge in [0, 0.05) is 0 Å².